The number of anilines is 1. The third-order valence-corrected chi connectivity index (χ3v) is 7.16. The normalized spacial score (nSPS) is 20.1. The molecule has 182 valence electrons. The Labute approximate surface area is 188 Å². The van der Waals surface area contributed by atoms with Crippen LogP contribution in [0.25, 0.3) is 0 Å². The number of sulfonamides is 1. The standard InChI is InChI=1S/C17H23N5O3S.C2HF3O2/c1-21-10-16(20-13-21)26(23,24)22-11-17(12-22)14(6-9-25-17)5-8-19-15-4-2-3-7-18-15;3-2(4,5)1(6)7/h2-4,7,10,13-14H,5-6,8-9,11-12H2,1H3,(H,18,19);(H,6,7). The van der Waals surface area contributed by atoms with Gasteiger partial charge in [0.2, 0.25) is 0 Å². The van der Waals surface area contributed by atoms with Crippen molar-refractivity contribution in [3.05, 3.63) is 36.9 Å². The Morgan fingerprint density at radius 3 is 2.58 bits per heavy atom. The first-order chi connectivity index (χ1) is 15.4. The van der Waals surface area contributed by atoms with E-state index in [-0.39, 0.29) is 10.6 Å². The maximum atomic E-state index is 12.6. The van der Waals surface area contributed by atoms with Gasteiger partial charge in [0.15, 0.2) is 5.03 Å². The van der Waals surface area contributed by atoms with E-state index in [0.717, 1.165) is 25.2 Å². The lowest BCUT2D eigenvalue weighted by Crippen LogP contribution is -2.66. The maximum Gasteiger partial charge on any atom is 0.490 e. The molecular formula is C19H24F3N5O5S. The molecule has 33 heavy (non-hydrogen) atoms. The lowest BCUT2D eigenvalue weighted by Gasteiger charge is -2.49. The Kier molecular flexibility index (Phi) is 7.29. The molecule has 0 bridgehead atoms. The fourth-order valence-electron chi connectivity index (χ4n) is 3.76. The zero-order valence-electron chi connectivity index (χ0n) is 17.7. The van der Waals surface area contributed by atoms with Crippen molar-refractivity contribution in [2.45, 2.75) is 29.6 Å². The maximum absolute atomic E-state index is 12.6. The minimum absolute atomic E-state index is 0.0983. The molecule has 0 amide bonds. The Morgan fingerprint density at radius 1 is 1.33 bits per heavy atom. The van der Waals surface area contributed by atoms with Crippen molar-refractivity contribution >= 4 is 21.8 Å². The number of hydrogen-bond donors (Lipinski definition) is 2. The average Bonchev–Trinajstić information content (AvgIpc) is 3.34. The third kappa shape index (κ3) is 5.81. The summed E-state index contributed by atoms with van der Waals surface area (Å²) in [5, 5.41) is 10.5. The second-order valence-electron chi connectivity index (χ2n) is 7.78. The molecule has 0 aromatic carbocycles. The van der Waals surface area contributed by atoms with Gasteiger partial charge in [-0.25, -0.2) is 23.2 Å². The summed E-state index contributed by atoms with van der Waals surface area (Å²) in [6, 6.07) is 5.77. The van der Waals surface area contributed by atoms with Crippen molar-refractivity contribution < 1.29 is 36.2 Å². The molecule has 2 aliphatic heterocycles. The summed E-state index contributed by atoms with van der Waals surface area (Å²) in [5.41, 5.74) is -0.354. The van der Waals surface area contributed by atoms with Crippen molar-refractivity contribution in [2.24, 2.45) is 13.0 Å². The second kappa shape index (κ2) is 9.65. The highest BCUT2D eigenvalue weighted by atomic mass is 32.2. The van der Waals surface area contributed by atoms with Gasteiger partial charge < -0.3 is 19.7 Å². The highest BCUT2D eigenvalue weighted by Crippen LogP contribution is 2.43. The second-order valence-corrected chi connectivity index (χ2v) is 9.67. The van der Waals surface area contributed by atoms with Crippen molar-refractivity contribution in [3.63, 3.8) is 0 Å². The van der Waals surface area contributed by atoms with Gasteiger partial charge in [-0.15, -0.1) is 0 Å². The van der Waals surface area contributed by atoms with Gasteiger partial charge in [-0.2, -0.15) is 17.5 Å². The molecule has 2 aromatic heterocycles. The van der Waals surface area contributed by atoms with Crippen LogP contribution in [-0.2, 0) is 26.6 Å². The van der Waals surface area contributed by atoms with Crippen LogP contribution in [0.2, 0.25) is 0 Å². The summed E-state index contributed by atoms with van der Waals surface area (Å²) in [6.45, 7) is 2.28. The van der Waals surface area contributed by atoms with Gasteiger partial charge in [0.1, 0.15) is 5.82 Å². The van der Waals surface area contributed by atoms with Crippen LogP contribution >= 0.6 is 0 Å². The largest absolute Gasteiger partial charge is 0.490 e. The van der Waals surface area contributed by atoms with Crippen LogP contribution in [0.1, 0.15) is 12.8 Å². The summed E-state index contributed by atoms with van der Waals surface area (Å²) in [7, 11) is -1.78. The highest BCUT2D eigenvalue weighted by Gasteiger charge is 2.56. The lowest BCUT2D eigenvalue weighted by molar-refractivity contribution is -0.192. The van der Waals surface area contributed by atoms with E-state index in [9.17, 15) is 21.6 Å². The molecule has 4 rings (SSSR count). The van der Waals surface area contributed by atoms with E-state index < -0.39 is 22.2 Å². The highest BCUT2D eigenvalue weighted by molar-refractivity contribution is 7.89. The number of aromatic nitrogens is 3. The monoisotopic (exact) mass is 491 g/mol. The van der Waals surface area contributed by atoms with Crippen molar-refractivity contribution in [1.29, 1.82) is 0 Å². The Hall–Kier alpha value is -2.71. The van der Waals surface area contributed by atoms with E-state index in [1.807, 2.05) is 18.2 Å². The van der Waals surface area contributed by atoms with Crippen LogP contribution in [0.5, 0.6) is 0 Å². The fourth-order valence-corrected chi connectivity index (χ4v) is 5.28. The quantitative estimate of drug-likeness (QED) is 0.626. The first-order valence-corrected chi connectivity index (χ1v) is 11.5. The number of alkyl halides is 3. The van der Waals surface area contributed by atoms with Crippen molar-refractivity contribution in [2.75, 3.05) is 31.6 Å². The SMILES string of the molecule is Cn1cnc(S(=O)(=O)N2CC3(C2)OCCC3CCNc2ccccn2)c1.O=C(O)C(F)(F)F. The summed E-state index contributed by atoms with van der Waals surface area (Å²) in [6.07, 6.45) is 1.59. The number of carboxylic acid groups (broad SMARTS) is 1. The van der Waals surface area contributed by atoms with Crippen LogP contribution in [0, 0.1) is 5.92 Å². The zero-order chi connectivity index (χ0) is 24.3. The Balaban J connectivity index is 0.000000383. The van der Waals surface area contributed by atoms with Crippen LogP contribution in [0.4, 0.5) is 19.0 Å². The van der Waals surface area contributed by atoms with E-state index in [2.05, 4.69) is 15.3 Å². The smallest absolute Gasteiger partial charge is 0.475 e. The summed E-state index contributed by atoms with van der Waals surface area (Å²) in [5.74, 6) is -1.56. The lowest BCUT2D eigenvalue weighted by atomic mass is 9.80. The van der Waals surface area contributed by atoms with Gasteiger partial charge in [0, 0.05) is 45.7 Å². The van der Waals surface area contributed by atoms with Gasteiger partial charge in [-0.3, -0.25) is 0 Å². The number of carbonyl (C=O) groups is 1. The number of hydrogen-bond acceptors (Lipinski definition) is 7. The molecule has 2 saturated heterocycles. The van der Waals surface area contributed by atoms with Crippen LogP contribution in [-0.4, -0.2) is 76.4 Å². The molecule has 1 spiro atoms. The van der Waals surface area contributed by atoms with Crippen molar-refractivity contribution in [1.82, 2.24) is 18.8 Å². The van der Waals surface area contributed by atoms with Gasteiger partial charge in [-0.1, -0.05) is 6.07 Å². The van der Waals surface area contributed by atoms with E-state index in [0.29, 0.717) is 25.6 Å². The number of nitrogens with zero attached hydrogens (tertiary/aromatic N) is 4. The number of halogens is 3. The molecule has 10 nitrogen and oxygen atoms in total. The minimum Gasteiger partial charge on any atom is -0.475 e. The number of carboxylic acids is 1. The fraction of sp³-hybridized carbons (Fsp3) is 0.526. The number of nitrogens with one attached hydrogen (secondary N) is 1. The predicted molar refractivity (Wildman–Crippen MR) is 110 cm³/mol. The summed E-state index contributed by atoms with van der Waals surface area (Å²) >= 11 is 0. The Morgan fingerprint density at radius 2 is 2.03 bits per heavy atom. The van der Waals surface area contributed by atoms with Gasteiger partial charge in [-0.05, 0) is 30.9 Å². The van der Waals surface area contributed by atoms with Crippen LogP contribution in [0.3, 0.4) is 0 Å². The molecule has 2 aliphatic rings. The van der Waals surface area contributed by atoms with Gasteiger partial charge in [0.05, 0.1) is 11.9 Å². The molecule has 0 aliphatic carbocycles. The number of pyridine rings is 1. The molecular weight excluding hydrogens is 467 g/mol. The molecule has 0 radical (unpaired) electrons. The molecule has 4 heterocycles. The molecule has 2 fully saturated rings. The molecule has 1 unspecified atom stereocenters. The number of ether oxygens (including phenoxy) is 1. The average molecular weight is 491 g/mol. The number of aryl methyl sites for hydroxylation is 1. The number of aliphatic carboxylic acids is 1. The Bertz CT molecular complexity index is 1060. The van der Waals surface area contributed by atoms with E-state index in [1.165, 1.54) is 16.8 Å². The predicted octanol–water partition coefficient (Wildman–Crippen LogP) is 1.73. The van der Waals surface area contributed by atoms with Gasteiger partial charge >= 0.3 is 12.1 Å². The third-order valence-electron chi connectivity index (χ3n) is 5.48. The first-order valence-electron chi connectivity index (χ1n) is 10.0. The summed E-state index contributed by atoms with van der Waals surface area (Å²) in [4.78, 5) is 17.1. The van der Waals surface area contributed by atoms with Crippen molar-refractivity contribution in [3.8, 4) is 0 Å². The molecule has 1 atom stereocenters. The van der Waals surface area contributed by atoms with E-state index >= 15 is 0 Å². The van der Waals surface area contributed by atoms with E-state index in [4.69, 9.17) is 14.6 Å². The topological polar surface area (TPSA) is 127 Å². The summed E-state index contributed by atoms with van der Waals surface area (Å²) < 4.78 is 66.1. The number of rotatable bonds is 6. The molecule has 2 aromatic rings. The zero-order valence-corrected chi connectivity index (χ0v) is 18.5. The molecule has 0 saturated carbocycles. The van der Waals surface area contributed by atoms with E-state index in [1.54, 1.807) is 17.8 Å². The van der Waals surface area contributed by atoms with Gasteiger partial charge in [0.25, 0.3) is 10.0 Å². The minimum atomic E-state index is -5.08. The molecule has 2 N–H and O–H groups in total. The number of imidazole rings is 1. The van der Waals surface area contributed by atoms with Crippen LogP contribution < -0.4 is 5.32 Å². The molecule has 14 heteroatoms. The van der Waals surface area contributed by atoms with Crippen LogP contribution in [0.15, 0.2) is 41.9 Å². The first kappa shape index (κ1) is 24.9.